The third-order valence-electron chi connectivity index (χ3n) is 5.20. The van der Waals surface area contributed by atoms with Crippen molar-refractivity contribution in [1.82, 2.24) is 5.32 Å². The van der Waals surface area contributed by atoms with Crippen molar-refractivity contribution < 1.29 is 0 Å². The lowest BCUT2D eigenvalue weighted by atomic mass is 9.84. The number of unbranched alkanes of at least 4 members (excludes halogenated alkanes) is 1. The fourth-order valence-electron chi connectivity index (χ4n) is 3.71. The summed E-state index contributed by atoms with van der Waals surface area (Å²) in [6.45, 7) is 10.5. The number of hydrogen-bond donors (Lipinski definition) is 3. The van der Waals surface area contributed by atoms with Gasteiger partial charge in [-0.05, 0) is 62.9 Å². The highest BCUT2D eigenvalue weighted by Gasteiger charge is 2.40. The molecule has 1 fully saturated rings. The Kier molecular flexibility index (Phi) is 6.29. The highest BCUT2D eigenvalue weighted by Crippen LogP contribution is 2.35. The van der Waals surface area contributed by atoms with Crippen molar-refractivity contribution in [3.8, 4) is 0 Å². The summed E-state index contributed by atoms with van der Waals surface area (Å²) in [5.41, 5.74) is 3.49. The van der Waals surface area contributed by atoms with Crippen molar-refractivity contribution in [2.45, 2.75) is 37.6 Å². The minimum Gasteiger partial charge on any atom is -0.371 e. The summed E-state index contributed by atoms with van der Waals surface area (Å²) in [5.74, 6) is 1.10. The molecule has 2 heterocycles. The number of amidine groups is 1. The summed E-state index contributed by atoms with van der Waals surface area (Å²) in [7, 11) is 0. The molecule has 138 valence electrons. The summed E-state index contributed by atoms with van der Waals surface area (Å²) in [5, 5.41) is 10.8. The summed E-state index contributed by atoms with van der Waals surface area (Å²) in [6, 6.07) is 8.40. The second-order valence-corrected chi connectivity index (χ2v) is 7.00. The minimum atomic E-state index is -0.0609. The van der Waals surface area contributed by atoms with E-state index in [4.69, 9.17) is 4.99 Å². The molecule has 0 atom stereocenters. The van der Waals surface area contributed by atoms with E-state index >= 15 is 0 Å². The Morgan fingerprint density at radius 1 is 1.12 bits per heavy atom. The van der Waals surface area contributed by atoms with Gasteiger partial charge in [-0.2, -0.15) is 0 Å². The van der Waals surface area contributed by atoms with Gasteiger partial charge in [0.15, 0.2) is 0 Å². The zero-order chi connectivity index (χ0) is 18.2. The molecule has 1 aromatic rings. The predicted molar refractivity (Wildman–Crippen MR) is 113 cm³/mol. The van der Waals surface area contributed by atoms with Gasteiger partial charge in [0.05, 0.1) is 16.9 Å². The van der Waals surface area contributed by atoms with E-state index in [0.717, 1.165) is 63.3 Å². The van der Waals surface area contributed by atoms with Crippen LogP contribution in [0.1, 0.15) is 32.1 Å². The highest BCUT2D eigenvalue weighted by atomic mass is 15.2. The van der Waals surface area contributed by atoms with Gasteiger partial charge >= 0.3 is 0 Å². The summed E-state index contributed by atoms with van der Waals surface area (Å²) in [4.78, 5) is 4.98. The Labute approximate surface area is 157 Å². The lowest BCUT2D eigenvalue weighted by molar-refractivity contribution is 0.419. The van der Waals surface area contributed by atoms with Crippen molar-refractivity contribution in [2.75, 3.05) is 30.3 Å². The van der Waals surface area contributed by atoms with Gasteiger partial charge in [-0.3, -0.25) is 4.99 Å². The van der Waals surface area contributed by atoms with E-state index in [-0.39, 0.29) is 5.54 Å². The molecule has 0 unspecified atom stereocenters. The maximum atomic E-state index is 4.98. The van der Waals surface area contributed by atoms with Crippen LogP contribution in [0, 0.1) is 0 Å². The largest absolute Gasteiger partial charge is 0.371 e. The Morgan fingerprint density at radius 3 is 2.62 bits per heavy atom. The summed E-state index contributed by atoms with van der Waals surface area (Å²) >= 11 is 0. The van der Waals surface area contributed by atoms with E-state index in [1.54, 1.807) is 0 Å². The lowest BCUT2D eigenvalue weighted by Crippen LogP contribution is -2.57. The van der Waals surface area contributed by atoms with Gasteiger partial charge in [-0.15, -0.1) is 0 Å². The molecule has 1 aromatic carbocycles. The molecule has 0 aliphatic carbocycles. The molecule has 3 rings (SSSR count). The Balaban J connectivity index is 1.66. The molecule has 2 aliphatic rings. The molecule has 4 nitrogen and oxygen atoms in total. The van der Waals surface area contributed by atoms with Crippen molar-refractivity contribution in [3.05, 3.63) is 61.2 Å². The molecule has 0 aromatic heterocycles. The van der Waals surface area contributed by atoms with E-state index in [9.17, 15) is 0 Å². The molecule has 0 radical (unpaired) electrons. The van der Waals surface area contributed by atoms with Crippen LogP contribution in [-0.2, 0) is 0 Å². The maximum Gasteiger partial charge on any atom is 0.127 e. The van der Waals surface area contributed by atoms with Crippen LogP contribution < -0.4 is 16.0 Å². The number of aliphatic imine (C=N–C) groups is 1. The molecule has 4 heteroatoms. The predicted octanol–water partition coefficient (Wildman–Crippen LogP) is 4.51. The van der Waals surface area contributed by atoms with Crippen LogP contribution >= 0.6 is 0 Å². The van der Waals surface area contributed by atoms with Crippen molar-refractivity contribution in [3.63, 3.8) is 0 Å². The maximum absolute atomic E-state index is 4.98. The first-order chi connectivity index (χ1) is 12.8. The monoisotopic (exact) mass is 350 g/mol. The minimum absolute atomic E-state index is 0.0609. The number of rotatable bonds is 7. The molecular weight excluding hydrogens is 320 g/mol. The zero-order valence-electron chi connectivity index (χ0n) is 15.6. The number of nitrogens with zero attached hydrogens (tertiary/aromatic N) is 1. The van der Waals surface area contributed by atoms with Crippen molar-refractivity contribution in [1.29, 1.82) is 0 Å². The standard InChI is InChI=1S/C22H30N4/c1-3-9-18(4-2)10-7-8-15-24-21-22(13-16-23-17-14-22)26-20-12-6-5-11-19(20)25-21/h3-6,9,11-12,23,26H,1-2,7-8,10,13-17H2,(H,24,25)/b18-9+. The van der Waals surface area contributed by atoms with Gasteiger partial charge in [-0.25, -0.2) is 0 Å². The quantitative estimate of drug-likeness (QED) is 0.501. The van der Waals surface area contributed by atoms with E-state index in [2.05, 4.69) is 53.4 Å². The molecule has 0 saturated carbocycles. The number of piperidine rings is 1. The van der Waals surface area contributed by atoms with Crippen molar-refractivity contribution in [2.24, 2.45) is 4.99 Å². The Bertz CT molecular complexity index is 696. The number of hydrogen-bond acceptors (Lipinski definition) is 3. The second-order valence-electron chi connectivity index (χ2n) is 7.00. The molecule has 3 N–H and O–H groups in total. The first-order valence-electron chi connectivity index (χ1n) is 9.61. The average molecular weight is 351 g/mol. The van der Waals surface area contributed by atoms with Crippen LogP contribution in [0.4, 0.5) is 11.4 Å². The second kappa shape index (κ2) is 8.86. The number of nitrogens with one attached hydrogen (secondary N) is 3. The molecule has 2 aliphatic heterocycles. The lowest BCUT2D eigenvalue weighted by Gasteiger charge is -2.44. The molecule has 1 spiro atoms. The van der Waals surface area contributed by atoms with Crippen LogP contribution in [0.25, 0.3) is 0 Å². The van der Waals surface area contributed by atoms with Gasteiger partial charge in [-0.1, -0.05) is 43.5 Å². The number of benzene rings is 1. The number of anilines is 2. The first-order valence-corrected chi connectivity index (χ1v) is 9.61. The molecular formula is C22H30N4. The van der Waals surface area contributed by atoms with E-state index in [1.807, 2.05) is 18.2 Å². The van der Waals surface area contributed by atoms with Crippen LogP contribution in [0.3, 0.4) is 0 Å². The van der Waals surface area contributed by atoms with Gasteiger partial charge in [0, 0.05) is 6.54 Å². The summed E-state index contributed by atoms with van der Waals surface area (Å²) in [6.07, 6.45) is 11.1. The molecule has 1 saturated heterocycles. The molecule has 0 amide bonds. The van der Waals surface area contributed by atoms with Crippen LogP contribution in [-0.4, -0.2) is 31.0 Å². The third-order valence-corrected chi connectivity index (χ3v) is 5.20. The normalized spacial score (nSPS) is 20.2. The van der Waals surface area contributed by atoms with Crippen molar-refractivity contribution >= 4 is 17.2 Å². The fourth-order valence-corrected chi connectivity index (χ4v) is 3.71. The van der Waals surface area contributed by atoms with E-state index in [1.165, 1.54) is 11.3 Å². The van der Waals surface area contributed by atoms with Crippen LogP contribution in [0.5, 0.6) is 0 Å². The highest BCUT2D eigenvalue weighted by molar-refractivity contribution is 6.09. The average Bonchev–Trinajstić information content (AvgIpc) is 2.68. The zero-order valence-corrected chi connectivity index (χ0v) is 15.6. The van der Waals surface area contributed by atoms with Crippen LogP contribution in [0.2, 0.25) is 0 Å². The molecule has 0 bridgehead atoms. The topological polar surface area (TPSA) is 48.5 Å². The Morgan fingerprint density at radius 2 is 1.88 bits per heavy atom. The van der Waals surface area contributed by atoms with E-state index in [0.29, 0.717) is 0 Å². The van der Waals surface area contributed by atoms with Gasteiger partial charge in [0.2, 0.25) is 0 Å². The van der Waals surface area contributed by atoms with Crippen LogP contribution in [0.15, 0.2) is 66.2 Å². The Hall–Kier alpha value is -2.33. The SMILES string of the molecule is C=C/C=C(\C=C)CCCCN=C1Nc2ccccc2NC12CCNCC2. The first kappa shape index (κ1) is 18.5. The van der Waals surface area contributed by atoms with E-state index < -0.39 is 0 Å². The summed E-state index contributed by atoms with van der Waals surface area (Å²) < 4.78 is 0. The number of fused-ring (bicyclic) bond motifs is 1. The third kappa shape index (κ3) is 4.25. The molecule has 26 heavy (non-hydrogen) atoms. The van der Waals surface area contributed by atoms with Gasteiger partial charge in [0.25, 0.3) is 0 Å². The smallest absolute Gasteiger partial charge is 0.127 e. The fraction of sp³-hybridized carbons (Fsp3) is 0.409. The number of para-hydroxylation sites is 2. The number of allylic oxidation sites excluding steroid dienone is 4. The van der Waals surface area contributed by atoms with Gasteiger partial charge < -0.3 is 16.0 Å². The van der Waals surface area contributed by atoms with Gasteiger partial charge in [0.1, 0.15) is 5.84 Å².